The predicted octanol–water partition coefficient (Wildman–Crippen LogP) is 3.56. The summed E-state index contributed by atoms with van der Waals surface area (Å²) in [5.74, 6) is -2.69. The van der Waals surface area contributed by atoms with Crippen LogP contribution in [0.3, 0.4) is 0 Å². The van der Waals surface area contributed by atoms with E-state index in [4.69, 9.17) is 8.92 Å². The maximum atomic E-state index is 14.7. The number of amides is 3. The zero-order chi connectivity index (χ0) is 42.6. The third-order valence-electron chi connectivity index (χ3n) is 10.9. The lowest BCUT2D eigenvalue weighted by molar-refractivity contribution is -0.205. The number of hydrazine groups is 1. The van der Waals surface area contributed by atoms with E-state index in [-0.39, 0.29) is 80.8 Å². The second-order valence-corrected chi connectivity index (χ2v) is 17.3. The summed E-state index contributed by atoms with van der Waals surface area (Å²) >= 11 is 0. The van der Waals surface area contributed by atoms with E-state index in [0.717, 1.165) is 34.9 Å². The van der Waals surface area contributed by atoms with Gasteiger partial charge in [-0.2, -0.15) is 8.42 Å². The number of Topliss-reactive ketones (excluding diaryl/α,β-unsaturated/α-hetero) is 1. The molecule has 0 unspecified atom stereocenters. The van der Waals surface area contributed by atoms with E-state index in [1.807, 2.05) is 48.5 Å². The number of benzene rings is 3. The van der Waals surface area contributed by atoms with E-state index < -0.39 is 34.0 Å². The molecule has 4 aromatic rings. The van der Waals surface area contributed by atoms with Gasteiger partial charge in [-0.1, -0.05) is 66.7 Å². The van der Waals surface area contributed by atoms with Crippen molar-refractivity contribution in [1.29, 1.82) is 0 Å². The fourth-order valence-electron chi connectivity index (χ4n) is 7.85. The first-order chi connectivity index (χ1) is 28.8. The van der Waals surface area contributed by atoms with Gasteiger partial charge in [0.05, 0.1) is 18.6 Å². The van der Waals surface area contributed by atoms with Crippen LogP contribution in [0, 0.1) is 5.92 Å². The first-order valence-electron chi connectivity index (χ1n) is 20.1. The average molecular weight is 839 g/mol. The number of nitrogens with zero attached hydrogens (tertiary/aromatic N) is 5. The second kappa shape index (κ2) is 18.2. The molecule has 2 saturated heterocycles. The summed E-state index contributed by atoms with van der Waals surface area (Å²) in [6.45, 7) is 4.58. The van der Waals surface area contributed by atoms with Crippen LogP contribution in [-0.2, 0) is 53.4 Å². The summed E-state index contributed by atoms with van der Waals surface area (Å²) in [5.41, 5.74) is 3.73. The molecule has 0 bridgehead atoms. The quantitative estimate of drug-likeness (QED) is 0.0673. The number of likely N-dealkylation sites (N-methyl/N-ethyl adjacent to an activating group) is 1. The second-order valence-electron chi connectivity index (χ2n) is 15.7. The topological polar surface area (TPSA) is 170 Å². The standard InChI is InChI=1S/C44H50N6O9S/c1-4-21-48-28-40(52)49-37(24-31-13-18-34(19-14-31)59-60(56,57)29-41(53)58-23-22-46(2)3)44(55)47(27-38(49)50(48)39(51)20-15-30-9-6-5-7-10-30)26-33-11-8-12-35-36(25-45-42(33)35)43(54)32-16-17-32/h4-14,18-19,25,32,37-38,45H,1,15-17,20-24,26-29H2,2-3H3/t37-,38-/m0/s1. The number of para-hydroxylation sites is 1. The fraction of sp³-hybridized carbons (Fsp3) is 0.386. The zero-order valence-corrected chi connectivity index (χ0v) is 34.6. The molecule has 3 aromatic carbocycles. The van der Waals surface area contributed by atoms with Gasteiger partial charge in [0.2, 0.25) is 17.7 Å². The average Bonchev–Trinajstić information content (AvgIpc) is 3.97. The van der Waals surface area contributed by atoms with Crippen molar-refractivity contribution in [2.45, 2.75) is 50.9 Å². The molecule has 2 aliphatic heterocycles. The highest BCUT2D eigenvalue weighted by molar-refractivity contribution is 7.87. The number of ether oxygens (including phenoxy) is 1. The first-order valence-corrected chi connectivity index (χ1v) is 21.7. The van der Waals surface area contributed by atoms with Crippen molar-refractivity contribution in [3.05, 3.63) is 114 Å². The Morgan fingerprint density at radius 2 is 1.72 bits per heavy atom. The van der Waals surface area contributed by atoms with Crippen molar-refractivity contribution in [3.63, 3.8) is 0 Å². The molecule has 1 aliphatic carbocycles. The Morgan fingerprint density at radius 1 is 0.967 bits per heavy atom. The highest BCUT2D eigenvalue weighted by atomic mass is 32.2. The minimum absolute atomic E-state index is 0.0268. The number of H-pyrrole nitrogens is 1. The normalized spacial score (nSPS) is 18.5. The van der Waals surface area contributed by atoms with Gasteiger partial charge >= 0.3 is 16.1 Å². The number of rotatable bonds is 18. The summed E-state index contributed by atoms with van der Waals surface area (Å²) in [6.07, 6.45) is 4.94. The van der Waals surface area contributed by atoms with E-state index in [9.17, 15) is 32.4 Å². The Bertz CT molecular complexity index is 2360. The van der Waals surface area contributed by atoms with Crippen LogP contribution >= 0.6 is 0 Å². The van der Waals surface area contributed by atoms with Crippen molar-refractivity contribution in [2.75, 3.05) is 52.6 Å². The molecule has 3 heterocycles. The molecule has 3 fully saturated rings. The van der Waals surface area contributed by atoms with Crippen molar-refractivity contribution >= 4 is 50.5 Å². The Labute approximate surface area is 349 Å². The number of nitrogens with one attached hydrogen (secondary N) is 1. The van der Waals surface area contributed by atoms with E-state index >= 15 is 0 Å². The van der Waals surface area contributed by atoms with Gasteiger partial charge in [0, 0.05) is 55.5 Å². The van der Waals surface area contributed by atoms with Crippen molar-refractivity contribution in [2.24, 2.45) is 5.92 Å². The number of hydrogen-bond donors (Lipinski definition) is 1. The molecule has 3 aliphatic rings. The third kappa shape index (κ3) is 9.78. The monoisotopic (exact) mass is 838 g/mol. The van der Waals surface area contributed by atoms with E-state index in [1.165, 1.54) is 17.0 Å². The van der Waals surface area contributed by atoms with Gasteiger partial charge in [0.1, 0.15) is 24.6 Å². The number of hydrogen-bond acceptors (Lipinski definition) is 11. The molecule has 2 atom stereocenters. The highest BCUT2D eigenvalue weighted by Crippen LogP contribution is 2.36. The van der Waals surface area contributed by atoms with Crippen LogP contribution in [0.25, 0.3) is 10.9 Å². The maximum Gasteiger partial charge on any atom is 0.324 e. The van der Waals surface area contributed by atoms with E-state index in [0.29, 0.717) is 24.1 Å². The molecule has 16 heteroatoms. The van der Waals surface area contributed by atoms with Crippen LogP contribution in [0.2, 0.25) is 0 Å². The van der Waals surface area contributed by atoms with E-state index in [2.05, 4.69) is 11.6 Å². The van der Waals surface area contributed by atoms with Crippen LogP contribution in [0.15, 0.2) is 91.6 Å². The number of aromatic amines is 1. The Hall–Kier alpha value is -5.84. The number of carbonyl (C=O) groups is 5. The molecule has 1 N–H and O–H groups in total. The summed E-state index contributed by atoms with van der Waals surface area (Å²) < 4.78 is 35.5. The highest BCUT2D eigenvalue weighted by Gasteiger charge is 2.51. The Balaban J connectivity index is 1.16. The molecule has 1 aromatic heterocycles. The molecule has 7 rings (SSSR count). The van der Waals surface area contributed by atoms with Gasteiger partial charge in [-0.25, -0.2) is 10.0 Å². The fourth-order valence-corrected chi connectivity index (χ4v) is 8.68. The number of carbonyl (C=O) groups excluding carboxylic acids is 5. The number of aryl methyl sites for hydroxylation is 1. The Morgan fingerprint density at radius 3 is 2.42 bits per heavy atom. The molecule has 1 saturated carbocycles. The van der Waals surface area contributed by atoms with Crippen LogP contribution in [0.5, 0.6) is 5.75 Å². The summed E-state index contributed by atoms with van der Waals surface area (Å²) in [5, 5.41) is 4.06. The minimum atomic E-state index is -4.33. The van der Waals surface area contributed by atoms with Crippen molar-refractivity contribution in [3.8, 4) is 5.75 Å². The molecule has 316 valence electrons. The molecular formula is C44H50N6O9S. The lowest BCUT2D eigenvalue weighted by atomic mass is 9.97. The summed E-state index contributed by atoms with van der Waals surface area (Å²) in [7, 11) is -0.745. The van der Waals surface area contributed by atoms with Gasteiger partial charge < -0.3 is 28.6 Å². The summed E-state index contributed by atoms with van der Waals surface area (Å²) in [6, 6.07) is 20.3. The SMILES string of the molecule is C=CCN1CC(=O)N2[C@@H](Cc3ccc(OS(=O)(=O)CC(=O)OCCN(C)C)cc3)C(=O)N(Cc3cccc4c(C(=O)C5CC5)c[nH]c34)C[C@@H]2N1C(=O)CCc1ccccc1. The van der Waals surface area contributed by atoms with Crippen molar-refractivity contribution in [1.82, 2.24) is 29.7 Å². The number of ketones is 1. The number of aromatic nitrogens is 1. The Kier molecular flexibility index (Phi) is 12.8. The number of piperazine rings is 1. The molecule has 0 radical (unpaired) electrons. The molecule has 3 amide bonds. The van der Waals surface area contributed by atoms with Gasteiger partial charge in [-0.15, -0.1) is 6.58 Å². The van der Waals surface area contributed by atoms with Crippen LogP contribution in [0.1, 0.15) is 46.3 Å². The lowest BCUT2D eigenvalue weighted by Crippen LogP contribution is -2.75. The molecule has 60 heavy (non-hydrogen) atoms. The smallest absolute Gasteiger partial charge is 0.324 e. The molecule has 15 nitrogen and oxygen atoms in total. The molecular weight excluding hydrogens is 789 g/mol. The zero-order valence-electron chi connectivity index (χ0n) is 33.8. The molecule has 0 spiro atoms. The van der Waals surface area contributed by atoms with Gasteiger partial charge in [-0.3, -0.25) is 24.0 Å². The van der Waals surface area contributed by atoms with Gasteiger partial charge in [0.15, 0.2) is 11.5 Å². The van der Waals surface area contributed by atoms with Gasteiger partial charge in [0.25, 0.3) is 0 Å². The van der Waals surface area contributed by atoms with Gasteiger partial charge in [-0.05, 0) is 62.2 Å². The minimum Gasteiger partial charge on any atom is -0.463 e. The number of fused-ring (bicyclic) bond motifs is 2. The first kappa shape index (κ1) is 42.3. The van der Waals surface area contributed by atoms with Crippen LogP contribution < -0.4 is 4.18 Å². The van der Waals surface area contributed by atoms with Crippen LogP contribution in [-0.4, -0.2) is 132 Å². The maximum absolute atomic E-state index is 14.7. The van der Waals surface area contributed by atoms with E-state index in [1.54, 1.807) is 58.3 Å². The number of esters is 1. The largest absolute Gasteiger partial charge is 0.463 e. The predicted molar refractivity (Wildman–Crippen MR) is 223 cm³/mol. The lowest BCUT2D eigenvalue weighted by Gasteiger charge is -2.55. The van der Waals surface area contributed by atoms with Crippen LogP contribution in [0.4, 0.5) is 0 Å². The third-order valence-corrected chi connectivity index (χ3v) is 12.0. The summed E-state index contributed by atoms with van der Waals surface area (Å²) in [4.78, 5) is 76.7. The van der Waals surface area contributed by atoms with Crippen molar-refractivity contribution < 1.29 is 41.3 Å².